The van der Waals surface area contributed by atoms with Gasteiger partial charge in [-0.25, -0.2) is 0 Å². The lowest BCUT2D eigenvalue weighted by Gasteiger charge is -2.42. The zero-order chi connectivity index (χ0) is 26.8. The molecule has 0 bridgehead atoms. The van der Waals surface area contributed by atoms with E-state index >= 15 is 0 Å². The monoisotopic (exact) mass is 510 g/mol. The first-order chi connectivity index (χ1) is 16.4. The second kappa shape index (κ2) is 15.5. The molecule has 1 fully saturated rings. The number of hydrogen-bond donors (Lipinski definition) is 1. The Balaban J connectivity index is 2.68. The van der Waals surface area contributed by atoms with Gasteiger partial charge in [-0.1, -0.05) is 94.4 Å². The van der Waals surface area contributed by atoms with Crippen LogP contribution in [0, 0.1) is 23.7 Å². The van der Waals surface area contributed by atoms with Crippen molar-refractivity contribution in [3.05, 3.63) is 0 Å². The SMILES string of the molecule is CCCCCC(O)[C@@H]1CC(=O)C[C@H](C(C)C)[C@H]1CCCCCC(=O)O[Si](C(C)C)(C(C)C)C(C)C. The van der Waals surface area contributed by atoms with Crippen molar-refractivity contribution in [2.45, 2.75) is 156 Å². The average Bonchev–Trinajstić information content (AvgIpc) is 2.76. The molecule has 0 amide bonds. The van der Waals surface area contributed by atoms with Gasteiger partial charge in [0.05, 0.1) is 6.10 Å². The summed E-state index contributed by atoms with van der Waals surface area (Å²) in [6.45, 7) is 19.9. The predicted octanol–water partition coefficient (Wildman–Crippen LogP) is 8.46. The van der Waals surface area contributed by atoms with Crippen LogP contribution in [0.1, 0.15) is 133 Å². The minimum absolute atomic E-state index is 0.0136. The normalized spacial score (nSPS) is 22.5. The maximum absolute atomic E-state index is 12.8. The van der Waals surface area contributed by atoms with Crippen molar-refractivity contribution in [2.24, 2.45) is 23.7 Å². The van der Waals surface area contributed by atoms with Gasteiger partial charge in [-0.15, -0.1) is 0 Å². The first-order valence-electron chi connectivity index (χ1n) is 14.8. The van der Waals surface area contributed by atoms with Gasteiger partial charge >= 0.3 is 0 Å². The Bertz CT molecular complexity index is 606. The van der Waals surface area contributed by atoms with Crippen LogP contribution in [-0.2, 0) is 14.0 Å². The van der Waals surface area contributed by atoms with Crippen molar-refractivity contribution >= 4 is 20.1 Å². The second-order valence-corrected chi connectivity index (χ2v) is 18.0. The summed E-state index contributed by atoms with van der Waals surface area (Å²) in [4.78, 5) is 25.3. The van der Waals surface area contributed by atoms with Crippen LogP contribution in [0.5, 0.6) is 0 Å². The fraction of sp³-hybridized carbons (Fsp3) is 0.933. The molecule has 35 heavy (non-hydrogen) atoms. The maximum Gasteiger partial charge on any atom is 0.292 e. The van der Waals surface area contributed by atoms with Gasteiger partial charge in [-0.05, 0) is 59.6 Å². The number of rotatable bonds is 16. The molecule has 1 rings (SSSR count). The van der Waals surface area contributed by atoms with Crippen LogP contribution in [-0.4, -0.2) is 31.3 Å². The fourth-order valence-corrected chi connectivity index (χ4v) is 12.3. The molecule has 1 aliphatic carbocycles. The molecule has 4 nitrogen and oxygen atoms in total. The van der Waals surface area contributed by atoms with Crippen LogP contribution in [0.25, 0.3) is 0 Å². The van der Waals surface area contributed by atoms with E-state index in [2.05, 4.69) is 62.3 Å². The molecule has 5 heteroatoms. The number of aliphatic hydroxyl groups is 1. The summed E-state index contributed by atoms with van der Waals surface area (Å²) in [6, 6.07) is 0. The third kappa shape index (κ3) is 9.29. The molecule has 1 aliphatic rings. The second-order valence-electron chi connectivity index (χ2n) is 12.6. The minimum Gasteiger partial charge on any atom is -0.518 e. The molecule has 0 aromatic rings. The highest BCUT2D eigenvalue weighted by atomic mass is 28.4. The summed E-state index contributed by atoms with van der Waals surface area (Å²) in [5.74, 6) is 1.63. The van der Waals surface area contributed by atoms with Crippen molar-refractivity contribution in [1.82, 2.24) is 0 Å². The van der Waals surface area contributed by atoms with Gasteiger partial charge in [0.25, 0.3) is 14.3 Å². The quantitative estimate of drug-likeness (QED) is 0.167. The lowest BCUT2D eigenvalue weighted by atomic mass is 9.63. The molecule has 206 valence electrons. The molecular formula is C30H58O4Si. The van der Waals surface area contributed by atoms with Crippen LogP contribution < -0.4 is 0 Å². The van der Waals surface area contributed by atoms with E-state index in [-0.39, 0.29) is 18.0 Å². The van der Waals surface area contributed by atoms with Gasteiger partial charge < -0.3 is 9.53 Å². The minimum atomic E-state index is -2.16. The smallest absolute Gasteiger partial charge is 0.292 e. The molecule has 0 aromatic carbocycles. The maximum atomic E-state index is 12.8. The van der Waals surface area contributed by atoms with Crippen LogP contribution >= 0.6 is 0 Å². The van der Waals surface area contributed by atoms with E-state index in [1.165, 1.54) is 0 Å². The van der Waals surface area contributed by atoms with E-state index < -0.39 is 8.32 Å². The average molecular weight is 511 g/mol. The highest BCUT2D eigenvalue weighted by molar-refractivity contribution is 6.78. The highest BCUT2D eigenvalue weighted by Crippen LogP contribution is 2.44. The third-order valence-electron chi connectivity index (χ3n) is 8.90. The van der Waals surface area contributed by atoms with Gasteiger partial charge in [0.1, 0.15) is 5.78 Å². The number of hydrogen-bond acceptors (Lipinski definition) is 4. The molecule has 1 N–H and O–H groups in total. The summed E-state index contributed by atoms with van der Waals surface area (Å²) in [5, 5.41) is 11.0. The zero-order valence-corrected chi connectivity index (χ0v) is 25.6. The van der Waals surface area contributed by atoms with Gasteiger partial charge in [0.2, 0.25) is 0 Å². The number of carbonyl (C=O) groups is 2. The standard InChI is InChI=1S/C30H58O4Si/c1-10-11-13-17-29(32)28-20-25(31)19-27(21(2)3)26(28)16-14-12-15-18-30(33)34-35(22(4)5,23(6)7)24(8)9/h21-24,26-29,32H,10-20H2,1-9H3/t26-,27-,28-,29?/m1/s1. The topological polar surface area (TPSA) is 63.6 Å². The van der Waals surface area contributed by atoms with E-state index in [1.54, 1.807) is 0 Å². The molecule has 0 aromatic heterocycles. The molecule has 1 saturated carbocycles. The number of aliphatic hydroxyl groups excluding tert-OH is 1. The predicted molar refractivity (Wildman–Crippen MR) is 150 cm³/mol. The first-order valence-corrected chi connectivity index (χ1v) is 16.9. The largest absolute Gasteiger partial charge is 0.518 e. The first kappa shape index (κ1) is 32.3. The van der Waals surface area contributed by atoms with Crippen molar-refractivity contribution in [3.63, 3.8) is 0 Å². The lowest BCUT2D eigenvalue weighted by Crippen LogP contribution is -2.49. The van der Waals surface area contributed by atoms with Crippen LogP contribution in [0.15, 0.2) is 0 Å². The number of ketones is 1. The zero-order valence-electron chi connectivity index (χ0n) is 24.6. The van der Waals surface area contributed by atoms with Crippen LogP contribution in [0.2, 0.25) is 16.6 Å². The van der Waals surface area contributed by atoms with Gasteiger partial charge in [0, 0.05) is 19.3 Å². The van der Waals surface area contributed by atoms with E-state index in [0.717, 1.165) is 51.4 Å². The summed E-state index contributed by atoms with van der Waals surface area (Å²) in [7, 11) is -2.16. The Kier molecular flexibility index (Phi) is 14.4. The Morgan fingerprint density at radius 2 is 1.46 bits per heavy atom. The molecule has 0 radical (unpaired) electrons. The fourth-order valence-electron chi connectivity index (χ4n) is 7.05. The summed E-state index contributed by atoms with van der Waals surface area (Å²) < 4.78 is 6.30. The lowest BCUT2D eigenvalue weighted by molar-refractivity contribution is -0.136. The summed E-state index contributed by atoms with van der Waals surface area (Å²) >= 11 is 0. The van der Waals surface area contributed by atoms with E-state index in [0.29, 0.717) is 59.4 Å². The number of Topliss-reactive ketones (excluding diaryl/α,β-unsaturated/α-hetero) is 1. The molecule has 0 saturated heterocycles. The van der Waals surface area contributed by atoms with E-state index in [4.69, 9.17) is 4.43 Å². The van der Waals surface area contributed by atoms with Gasteiger partial charge in [0.15, 0.2) is 0 Å². The number of unbranched alkanes of at least 4 members (excludes halogenated alkanes) is 4. The highest BCUT2D eigenvalue weighted by Gasteiger charge is 2.48. The number of carbonyl (C=O) groups excluding carboxylic acids is 2. The third-order valence-corrected chi connectivity index (χ3v) is 14.9. The van der Waals surface area contributed by atoms with Gasteiger partial charge in [-0.2, -0.15) is 0 Å². The van der Waals surface area contributed by atoms with Crippen molar-refractivity contribution in [3.8, 4) is 0 Å². The summed E-state index contributed by atoms with van der Waals surface area (Å²) in [6.07, 6.45) is 9.43. The van der Waals surface area contributed by atoms with E-state index in [9.17, 15) is 14.7 Å². The Hall–Kier alpha value is -0.683. The van der Waals surface area contributed by atoms with Crippen LogP contribution in [0.4, 0.5) is 0 Å². The molecule has 0 aliphatic heterocycles. The summed E-state index contributed by atoms with van der Waals surface area (Å²) in [5.41, 5.74) is 1.23. The molecule has 0 spiro atoms. The Morgan fingerprint density at radius 3 is 1.97 bits per heavy atom. The van der Waals surface area contributed by atoms with Crippen molar-refractivity contribution in [1.29, 1.82) is 0 Å². The molecule has 1 unspecified atom stereocenters. The molecule has 0 heterocycles. The Labute approximate surface area is 218 Å². The van der Waals surface area contributed by atoms with Crippen molar-refractivity contribution in [2.75, 3.05) is 0 Å². The molecular weight excluding hydrogens is 452 g/mol. The van der Waals surface area contributed by atoms with E-state index in [1.807, 2.05) is 0 Å². The van der Waals surface area contributed by atoms with Gasteiger partial charge in [-0.3, -0.25) is 9.59 Å². The van der Waals surface area contributed by atoms with Crippen molar-refractivity contribution < 1.29 is 19.1 Å². The Morgan fingerprint density at radius 1 is 0.886 bits per heavy atom. The molecule has 4 atom stereocenters. The van der Waals surface area contributed by atoms with Crippen LogP contribution in [0.3, 0.4) is 0 Å².